The maximum Gasteiger partial charge on any atom is 0.504 e. The van der Waals surface area contributed by atoms with Crippen molar-refractivity contribution in [3.05, 3.63) is 18.6 Å². The molecule has 0 saturated heterocycles. The van der Waals surface area contributed by atoms with E-state index in [1.54, 1.807) is 7.05 Å². The molecule has 0 spiro atoms. The zero-order valence-electron chi connectivity index (χ0n) is 9.23. The number of nitrogens with one attached hydrogen (secondary N) is 1. The number of hydrogen-bond donors (Lipinski definition) is 2. The molecule has 18 heavy (non-hydrogen) atoms. The highest BCUT2D eigenvalue weighted by Gasteiger charge is 2.31. The molecule has 0 fully saturated rings. The summed E-state index contributed by atoms with van der Waals surface area (Å²) in [5.74, 6) is 0.371. The van der Waals surface area contributed by atoms with E-state index in [4.69, 9.17) is 5.73 Å². The second-order valence-corrected chi connectivity index (χ2v) is 3.38. The summed E-state index contributed by atoms with van der Waals surface area (Å²) < 4.78 is 37.1. The van der Waals surface area contributed by atoms with Gasteiger partial charge in [0.05, 0.1) is 6.20 Å². The van der Waals surface area contributed by atoms with Crippen molar-refractivity contribution >= 4 is 11.8 Å². The van der Waals surface area contributed by atoms with E-state index in [-0.39, 0.29) is 16.2 Å². The number of hydrogen-bond acceptors (Lipinski definition) is 5. The molecule has 0 aliphatic carbocycles. The lowest BCUT2D eigenvalue weighted by Gasteiger charge is -2.06. The van der Waals surface area contributed by atoms with E-state index in [1.807, 2.05) is 0 Å². The van der Waals surface area contributed by atoms with Crippen molar-refractivity contribution in [2.75, 3.05) is 18.1 Å². The Kier molecular flexibility index (Phi) is 2.81. The molecule has 0 amide bonds. The quantitative estimate of drug-likeness (QED) is 0.851. The molecule has 0 atom stereocenters. The lowest BCUT2D eigenvalue weighted by molar-refractivity contribution is -0.212. The van der Waals surface area contributed by atoms with Crippen LogP contribution in [0, 0.1) is 0 Å². The Labute approximate surface area is 99.7 Å². The van der Waals surface area contributed by atoms with Crippen LogP contribution in [0.5, 0.6) is 0 Å². The highest BCUT2D eigenvalue weighted by atomic mass is 19.4. The van der Waals surface area contributed by atoms with E-state index < -0.39 is 6.30 Å². The van der Waals surface area contributed by atoms with Gasteiger partial charge in [0, 0.05) is 30.6 Å². The SMILES string of the molecule is CNc1nc(N)ncc1-c1cnn(C(F)(F)F)c1. The fourth-order valence-electron chi connectivity index (χ4n) is 1.40. The Balaban J connectivity index is 2.46. The first-order valence-electron chi connectivity index (χ1n) is 4.84. The molecule has 96 valence electrons. The van der Waals surface area contributed by atoms with Gasteiger partial charge in [-0.1, -0.05) is 0 Å². The molecule has 0 aliphatic heterocycles. The number of nitrogen functional groups attached to an aromatic ring is 1. The predicted octanol–water partition coefficient (Wildman–Crippen LogP) is 1.44. The zero-order valence-corrected chi connectivity index (χ0v) is 9.23. The molecule has 2 aromatic heterocycles. The van der Waals surface area contributed by atoms with Crippen LogP contribution >= 0.6 is 0 Å². The summed E-state index contributed by atoms with van der Waals surface area (Å²) in [5, 5.41) is 5.97. The maximum atomic E-state index is 12.4. The third kappa shape index (κ3) is 2.19. The van der Waals surface area contributed by atoms with Gasteiger partial charge in [-0.3, -0.25) is 0 Å². The van der Waals surface area contributed by atoms with Gasteiger partial charge < -0.3 is 11.1 Å². The Bertz CT molecular complexity index is 562. The van der Waals surface area contributed by atoms with Crippen LogP contribution in [-0.2, 0) is 6.30 Å². The monoisotopic (exact) mass is 258 g/mol. The molecule has 0 radical (unpaired) electrons. The van der Waals surface area contributed by atoms with E-state index in [9.17, 15) is 13.2 Å². The minimum absolute atomic E-state index is 0.0336. The third-order valence-electron chi connectivity index (χ3n) is 2.20. The molecular weight excluding hydrogens is 249 g/mol. The van der Waals surface area contributed by atoms with E-state index in [0.29, 0.717) is 11.4 Å². The topological polar surface area (TPSA) is 81.7 Å². The van der Waals surface area contributed by atoms with Crippen molar-refractivity contribution in [3.63, 3.8) is 0 Å². The van der Waals surface area contributed by atoms with Crippen LogP contribution in [0.1, 0.15) is 0 Å². The summed E-state index contributed by atoms with van der Waals surface area (Å²) in [7, 11) is 1.58. The van der Waals surface area contributed by atoms with Gasteiger partial charge in [0.1, 0.15) is 5.82 Å². The van der Waals surface area contributed by atoms with E-state index in [2.05, 4.69) is 20.4 Å². The first-order chi connectivity index (χ1) is 8.41. The first-order valence-corrected chi connectivity index (χ1v) is 4.84. The molecule has 9 heteroatoms. The number of anilines is 2. The first kappa shape index (κ1) is 12.1. The van der Waals surface area contributed by atoms with Crippen molar-refractivity contribution in [2.24, 2.45) is 0 Å². The van der Waals surface area contributed by atoms with E-state index >= 15 is 0 Å². The maximum absolute atomic E-state index is 12.4. The third-order valence-corrected chi connectivity index (χ3v) is 2.20. The summed E-state index contributed by atoms with van der Waals surface area (Å²) >= 11 is 0. The smallest absolute Gasteiger partial charge is 0.372 e. The van der Waals surface area contributed by atoms with Crippen LogP contribution in [0.2, 0.25) is 0 Å². The average molecular weight is 258 g/mol. The Morgan fingerprint density at radius 1 is 1.33 bits per heavy atom. The van der Waals surface area contributed by atoms with Crippen molar-refractivity contribution in [2.45, 2.75) is 6.30 Å². The highest BCUT2D eigenvalue weighted by Crippen LogP contribution is 2.28. The number of halogens is 3. The zero-order chi connectivity index (χ0) is 13.3. The lowest BCUT2D eigenvalue weighted by atomic mass is 10.2. The Morgan fingerprint density at radius 2 is 2.06 bits per heavy atom. The fraction of sp³-hybridized carbons (Fsp3) is 0.222. The molecule has 2 rings (SSSR count). The normalized spacial score (nSPS) is 11.6. The van der Waals surface area contributed by atoms with Crippen LogP contribution in [0.4, 0.5) is 24.9 Å². The minimum atomic E-state index is -4.55. The Morgan fingerprint density at radius 3 is 2.61 bits per heavy atom. The number of nitrogens with zero attached hydrogens (tertiary/aromatic N) is 4. The van der Waals surface area contributed by atoms with Gasteiger partial charge in [0.25, 0.3) is 0 Å². The molecule has 0 aromatic carbocycles. The standard InChI is InChI=1S/C9H9F3N6/c1-14-7-6(3-15-8(13)17-7)5-2-16-18(4-5)9(10,11)12/h2-4H,1H3,(H3,13,14,15,17). The van der Waals surface area contributed by atoms with Crippen molar-refractivity contribution in [1.82, 2.24) is 19.7 Å². The second-order valence-electron chi connectivity index (χ2n) is 3.38. The lowest BCUT2D eigenvalue weighted by Crippen LogP contribution is -2.16. The van der Waals surface area contributed by atoms with Gasteiger partial charge in [0.15, 0.2) is 0 Å². The van der Waals surface area contributed by atoms with Gasteiger partial charge in [-0.05, 0) is 0 Å². The summed E-state index contributed by atoms with van der Waals surface area (Å²) in [6.07, 6.45) is -1.27. The summed E-state index contributed by atoms with van der Waals surface area (Å²) in [6.45, 7) is 0. The fourth-order valence-corrected chi connectivity index (χ4v) is 1.40. The summed E-state index contributed by atoms with van der Waals surface area (Å²) in [5.41, 5.74) is 6.03. The van der Waals surface area contributed by atoms with Crippen LogP contribution in [0.3, 0.4) is 0 Å². The van der Waals surface area contributed by atoms with Crippen LogP contribution in [0.25, 0.3) is 11.1 Å². The van der Waals surface area contributed by atoms with Gasteiger partial charge in [-0.15, -0.1) is 13.2 Å². The molecule has 0 unspecified atom stereocenters. The van der Waals surface area contributed by atoms with Crippen molar-refractivity contribution in [1.29, 1.82) is 0 Å². The largest absolute Gasteiger partial charge is 0.504 e. The summed E-state index contributed by atoms with van der Waals surface area (Å²) in [6, 6.07) is 0. The Hall–Kier alpha value is -2.32. The molecule has 0 bridgehead atoms. The minimum Gasteiger partial charge on any atom is -0.372 e. The van der Waals surface area contributed by atoms with Crippen molar-refractivity contribution < 1.29 is 13.2 Å². The van der Waals surface area contributed by atoms with Crippen molar-refractivity contribution in [3.8, 4) is 11.1 Å². The number of rotatable bonds is 2. The molecule has 0 saturated carbocycles. The highest BCUT2D eigenvalue weighted by molar-refractivity contribution is 5.74. The molecule has 0 aliphatic rings. The van der Waals surface area contributed by atoms with E-state index in [0.717, 1.165) is 12.4 Å². The molecule has 2 heterocycles. The van der Waals surface area contributed by atoms with E-state index in [1.165, 1.54) is 6.20 Å². The molecule has 2 aromatic rings. The second kappa shape index (κ2) is 4.17. The predicted molar refractivity (Wildman–Crippen MR) is 58.5 cm³/mol. The van der Waals surface area contributed by atoms with Crippen LogP contribution < -0.4 is 11.1 Å². The average Bonchev–Trinajstić information content (AvgIpc) is 2.77. The number of alkyl halides is 3. The van der Waals surface area contributed by atoms with Gasteiger partial charge >= 0.3 is 6.30 Å². The number of nitrogens with two attached hydrogens (primary N) is 1. The van der Waals surface area contributed by atoms with Gasteiger partial charge in [0.2, 0.25) is 5.95 Å². The summed E-state index contributed by atoms with van der Waals surface area (Å²) in [4.78, 5) is 7.62. The molecule has 3 N–H and O–H groups in total. The van der Waals surface area contributed by atoms with Crippen LogP contribution in [-0.4, -0.2) is 26.8 Å². The van der Waals surface area contributed by atoms with Gasteiger partial charge in [-0.25, -0.2) is 4.98 Å². The molecular formula is C9H9F3N6. The van der Waals surface area contributed by atoms with Gasteiger partial charge in [-0.2, -0.15) is 14.8 Å². The number of aromatic nitrogens is 4. The molecule has 6 nitrogen and oxygen atoms in total. The van der Waals surface area contributed by atoms with Crippen LogP contribution in [0.15, 0.2) is 18.6 Å².